The Kier molecular flexibility index (Phi) is 5.67. The van der Waals surface area contributed by atoms with Crippen molar-refractivity contribution in [1.82, 2.24) is 0 Å². The lowest BCUT2D eigenvalue weighted by molar-refractivity contribution is -0.122. The topological polar surface area (TPSA) is 58.6 Å². The van der Waals surface area contributed by atoms with Crippen LogP contribution < -0.4 is 10.1 Å². The van der Waals surface area contributed by atoms with Gasteiger partial charge in [-0.2, -0.15) is 0 Å². The van der Waals surface area contributed by atoms with Gasteiger partial charge in [0.25, 0.3) is 5.91 Å². The number of rotatable bonds is 5. The van der Waals surface area contributed by atoms with Crippen molar-refractivity contribution in [3.8, 4) is 11.5 Å². The molecule has 2 aromatic rings. The predicted molar refractivity (Wildman–Crippen MR) is 92.3 cm³/mol. The van der Waals surface area contributed by atoms with Gasteiger partial charge in [0.05, 0.1) is 10.7 Å². The second-order valence-electron chi connectivity index (χ2n) is 5.76. The van der Waals surface area contributed by atoms with Gasteiger partial charge in [-0.3, -0.25) is 4.79 Å². The number of halogens is 2. The Morgan fingerprint density at radius 1 is 1.21 bits per heavy atom. The van der Waals surface area contributed by atoms with Crippen molar-refractivity contribution in [2.45, 2.75) is 32.8 Å². The van der Waals surface area contributed by atoms with Crippen LogP contribution >= 0.6 is 11.6 Å². The van der Waals surface area contributed by atoms with Gasteiger partial charge in [0.15, 0.2) is 6.10 Å². The van der Waals surface area contributed by atoms with Crippen LogP contribution in [-0.2, 0) is 4.79 Å². The zero-order chi connectivity index (χ0) is 17.9. The molecule has 2 aromatic carbocycles. The van der Waals surface area contributed by atoms with Crippen molar-refractivity contribution >= 4 is 23.2 Å². The fraction of sp³-hybridized carbons (Fsp3) is 0.278. The third-order valence-electron chi connectivity index (χ3n) is 3.52. The molecular formula is C18H19ClFNO3. The Labute approximate surface area is 145 Å². The van der Waals surface area contributed by atoms with Gasteiger partial charge < -0.3 is 15.2 Å². The van der Waals surface area contributed by atoms with E-state index < -0.39 is 17.8 Å². The van der Waals surface area contributed by atoms with Crippen molar-refractivity contribution in [3.05, 3.63) is 52.8 Å². The first-order valence-corrected chi connectivity index (χ1v) is 7.91. The Hall–Kier alpha value is -2.27. The number of phenols is 1. The lowest BCUT2D eigenvalue weighted by atomic mass is 10.0. The molecule has 0 heterocycles. The number of hydrogen-bond acceptors (Lipinski definition) is 3. The van der Waals surface area contributed by atoms with E-state index in [0.717, 1.165) is 12.1 Å². The Morgan fingerprint density at radius 3 is 2.42 bits per heavy atom. The Morgan fingerprint density at radius 2 is 1.83 bits per heavy atom. The highest BCUT2D eigenvalue weighted by molar-refractivity contribution is 6.32. The molecular weight excluding hydrogens is 333 g/mol. The van der Waals surface area contributed by atoms with Gasteiger partial charge in [-0.15, -0.1) is 0 Å². The molecule has 2 N–H and O–H groups in total. The highest BCUT2D eigenvalue weighted by atomic mass is 35.5. The van der Waals surface area contributed by atoms with Crippen LogP contribution in [0.4, 0.5) is 10.1 Å². The van der Waals surface area contributed by atoms with E-state index in [4.69, 9.17) is 16.3 Å². The van der Waals surface area contributed by atoms with E-state index in [-0.39, 0.29) is 16.5 Å². The van der Waals surface area contributed by atoms with E-state index in [0.29, 0.717) is 11.7 Å². The molecule has 1 amide bonds. The zero-order valence-corrected chi connectivity index (χ0v) is 14.4. The molecule has 0 fully saturated rings. The van der Waals surface area contributed by atoms with E-state index in [9.17, 15) is 14.3 Å². The van der Waals surface area contributed by atoms with Crippen molar-refractivity contribution in [2.24, 2.45) is 0 Å². The Balaban J connectivity index is 2.03. The van der Waals surface area contributed by atoms with Crippen LogP contribution in [0.25, 0.3) is 0 Å². The van der Waals surface area contributed by atoms with Crippen molar-refractivity contribution in [1.29, 1.82) is 0 Å². The maximum absolute atomic E-state index is 13.7. The minimum atomic E-state index is -0.832. The van der Waals surface area contributed by atoms with Gasteiger partial charge in [-0.1, -0.05) is 37.6 Å². The largest absolute Gasteiger partial charge is 0.506 e. The smallest absolute Gasteiger partial charge is 0.265 e. The summed E-state index contributed by atoms with van der Waals surface area (Å²) < 4.78 is 19.3. The number of carbonyl (C=O) groups excluding carboxylic acids is 1. The third-order valence-corrected chi connectivity index (χ3v) is 3.83. The number of ether oxygens (including phenoxy) is 1. The first-order chi connectivity index (χ1) is 11.3. The van der Waals surface area contributed by atoms with Gasteiger partial charge >= 0.3 is 0 Å². The number of amides is 1. The molecule has 0 radical (unpaired) electrons. The minimum Gasteiger partial charge on any atom is -0.506 e. The van der Waals surface area contributed by atoms with Gasteiger partial charge in [-0.05, 0) is 36.6 Å². The van der Waals surface area contributed by atoms with Crippen molar-refractivity contribution < 1.29 is 19.0 Å². The molecule has 0 aliphatic rings. The first kappa shape index (κ1) is 18.1. The predicted octanol–water partition coefficient (Wildman–Crippen LogP) is 4.71. The molecule has 0 saturated carbocycles. The van der Waals surface area contributed by atoms with Gasteiger partial charge in [0.1, 0.15) is 17.3 Å². The quantitative estimate of drug-likeness (QED) is 0.767. The van der Waals surface area contributed by atoms with Gasteiger partial charge in [-0.25, -0.2) is 4.39 Å². The SMILES string of the molecule is CC(Oc1ccc(C(C)C)cc1)C(=O)Nc1cc(Cl)c(O)cc1F. The van der Waals surface area contributed by atoms with Crippen molar-refractivity contribution in [3.63, 3.8) is 0 Å². The Bertz CT molecular complexity index is 732. The molecule has 0 aliphatic carbocycles. The number of carbonyl (C=O) groups is 1. The maximum Gasteiger partial charge on any atom is 0.265 e. The van der Waals surface area contributed by atoms with Gasteiger partial charge in [0, 0.05) is 6.07 Å². The summed E-state index contributed by atoms with van der Waals surface area (Å²) in [5, 5.41) is 11.7. The summed E-state index contributed by atoms with van der Waals surface area (Å²) in [7, 11) is 0. The van der Waals surface area contributed by atoms with Crippen LogP contribution in [0.3, 0.4) is 0 Å². The zero-order valence-electron chi connectivity index (χ0n) is 13.6. The number of benzene rings is 2. The molecule has 0 aromatic heterocycles. The first-order valence-electron chi connectivity index (χ1n) is 7.53. The average molecular weight is 352 g/mol. The van der Waals surface area contributed by atoms with Crippen molar-refractivity contribution in [2.75, 3.05) is 5.32 Å². The number of aromatic hydroxyl groups is 1. The van der Waals surface area contributed by atoms with E-state index in [2.05, 4.69) is 19.2 Å². The lowest BCUT2D eigenvalue weighted by Gasteiger charge is -2.16. The van der Waals surface area contributed by atoms with Crippen LogP contribution in [0.15, 0.2) is 36.4 Å². The number of anilines is 1. The fourth-order valence-corrected chi connectivity index (χ4v) is 2.22. The third kappa shape index (κ3) is 4.38. The molecule has 24 heavy (non-hydrogen) atoms. The molecule has 4 nitrogen and oxygen atoms in total. The molecule has 0 bridgehead atoms. The van der Waals surface area contributed by atoms with Crippen LogP contribution in [0.5, 0.6) is 11.5 Å². The molecule has 6 heteroatoms. The standard InChI is InChI=1S/C18H19ClFNO3/c1-10(2)12-4-6-13(7-5-12)24-11(3)18(23)21-16-8-14(19)17(22)9-15(16)20/h4-11,22H,1-3H3,(H,21,23). The summed E-state index contributed by atoms with van der Waals surface area (Å²) in [4.78, 5) is 12.1. The van der Waals surface area contributed by atoms with Crippen LogP contribution in [0.1, 0.15) is 32.3 Å². The summed E-state index contributed by atoms with van der Waals surface area (Å²) in [6.07, 6.45) is -0.832. The van der Waals surface area contributed by atoms with Crippen LogP contribution in [0, 0.1) is 5.82 Å². The average Bonchev–Trinajstić information content (AvgIpc) is 2.53. The normalized spacial score (nSPS) is 12.1. The summed E-state index contributed by atoms with van der Waals surface area (Å²) in [6.45, 7) is 5.73. The number of nitrogens with one attached hydrogen (secondary N) is 1. The maximum atomic E-state index is 13.7. The highest BCUT2D eigenvalue weighted by Crippen LogP contribution is 2.29. The van der Waals surface area contributed by atoms with E-state index in [1.54, 1.807) is 19.1 Å². The second-order valence-corrected chi connectivity index (χ2v) is 6.16. The monoisotopic (exact) mass is 351 g/mol. The van der Waals surface area contributed by atoms with E-state index in [1.807, 2.05) is 12.1 Å². The summed E-state index contributed by atoms with van der Waals surface area (Å²) in [5.74, 6) is -0.739. The van der Waals surface area contributed by atoms with Crippen LogP contribution in [0.2, 0.25) is 5.02 Å². The molecule has 0 saturated heterocycles. The molecule has 1 atom stereocenters. The number of hydrogen-bond donors (Lipinski definition) is 2. The second kappa shape index (κ2) is 7.53. The molecule has 2 rings (SSSR count). The highest BCUT2D eigenvalue weighted by Gasteiger charge is 2.18. The summed E-state index contributed by atoms with van der Waals surface area (Å²) in [5.41, 5.74) is 1.05. The molecule has 0 aliphatic heterocycles. The van der Waals surface area contributed by atoms with E-state index in [1.165, 1.54) is 5.56 Å². The summed E-state index contributed by atoms with van der Waals surface area (Å²) in [6, 6.07) is 9.44. The number of phenolic OH excluding ortho intramolecular Hbond substituents is 1. The van der Waals surface area contributed by atoms with E-state index >= 15 is 0 Å². The summed E-state index contributed by atoms with van der Waals surface area (Å²) >= 11 is 5.72. The molecule has 1 unspecified atom stereocenters. The molecule has 128 valence electrons. The lowest BCUT2D eigenvalue weighted by Crippen LogP contribution is -2.30. The fourth-order valence-electron chi connectivity index (χ4n) is 2.06. The van der Waals surface area contributed by atoms with Crippen LogP contribution in [-0.4, -0.2) is 17.1 Å². The molecule has 0 spiro atoms. The van der Waals surface area contributed by atoms with Gasteiger partial charge in [0.2, 0.25) is 0 Å². The minimum absolute atomic E-state index is 0.0513.